The molecule has 0 unspecified atom stereocenters. The van der Waals surface area contributed by atoms with Crippen LogP contribution in [0.15, 0.2) is 60.7 Å². The Morgan fingerprint density at radius 2 is 1.41 bits per heavy atom. The van der Waals surface area contributed by atoms with Gasteiger partial charge in [0.15, 0.2) is 0 Å². The maximum absolute atomic E-state index is 13.7. The Hall–Kier alpha value is -1.53. The van der Waals surface area contributed by atoms with E-state index in [-0.39, 0.29) is 16.4 Å². The Kier molecular flexibility index (Phi) is 11.2. The zero-order valence-corrected chi connectivity index (χ0v) is 24.2. The number of carbonyl (C=O) groups is 1. The Morgan fingerprint density at radius 3 is 1.94 bits per heavy atom. The number of benzene rings is 2. The molecule has 0 bridgehead atoms. The van der Waals surface area contributed by atoms with E-state index in [0.717, 1.165) is 11.1 Å². The standard InChI is InChI=1S/C17H16NO3.3C4H9.Sn/c19-17(21-11-14-7-3-1-4-8-14)18-13-20-12-16(18)15-9-5-2-6-10-15;3*1-3-4-2;/h1-10,13,16H,11-12H2;3*1,3-4H2,2H3;/t16-;;;;/m0..../s1. The summed E-state index contributed by atoms with van der Waals surface area (Å²) in [7, 11) is 0. The Labute approximate surface area is 210 Å². The Bertz CT molecular complexity index is 823. The SMILES string of the molecule is CCC[CH2][Sn]([CH2]CCC)([CH2]CCC)[C@@H]1OC[C@@H](c2ccccc2)N1C(=O)OCc1ccccc1. The van der Waals surface area contributed by atoms with Crippen molar-refractivity contribution in [3.8, 4) is 0 Å². The van der Waals surface area contributed by atoms with E-state index >= 15 is 0 Å². The summed E-state index contributed by atoms with van der Waals surface area (Å²) in [5.41, 5.74) is 2.16. The average molecular weight is 572 g/mol. The molecule has 1 fully saturated rings. The van der Waals surface area contributed by atoms with Crippen LogP contribution < -0.4 is 0 Å². The van der Waals surface area contributed by atoms with Crippen LogP contribution >= 0.6 is 0 Å². The summed E-state index contributed by atoms with van der Waals surface area (Å²) < 4.78 is 16.4. The monoisotopic (exact) mass is 573 g/mol. The van der Waals surface area contributed by atoms with Crippen LogP contribution in [-0.4, -0.2) is 40.2 Å². The van der Waals surface area contributed by atoms with Crippen molar-refractivity contribution < 1.29 is 14.3 Å². The van der Waals surface area contributed by atoms with Crippen molar-refractivity contribution in [3.63, 3.8) is 0 Å². The molecule has 1 aliphatic heterocycles. The molecule has 1 amide bonds. The van der Waals surface area contributed by atoms with Gasteiger partial charge in [-0.25, -0.2) is 0 Å². The van der Waals surface area contributed by atoms with E-state index in [9.17, 15) is 4.79 Å². The molecule has 1 aliphatic rings. The second kappa shape index (κ2) is 14.1. The van der Waals surface area contributed by atoms with Crippen LogP contribution in [0, 0.1) is 0 Å². The first kappa shape index (κ1) is 27.1. The molecule has 0 radical (unpaired) electrons. The van der Waals surface area contributed by atoms with Crippen molar-refractivity contribution in [3.05, 3.63) is 71.8 Å². The van der Waals surface area contributed by atoms with Crippen LogP contribution in [0.4, 0.5) is 4.79 Å². The van der Waals surface area contributed by atoms with Crippen molar-refractivity contribution in [2.75, 3.05) is 6.61 Å². The topological polar surface area (TPSA) is 38.8 Å². The Morgan fingerprint density at radius 1 is 0.882 bits per heavy atom. The minimum absolute atomic E-state index is 0.0487. The molecule has 0 spiro atoms. The van der Waals surface area contributed by atoms with Gasteiger partial charge in [-0.2, -0.15) is 0 Å². The first-order valence-electron chi connectivity index (χ1n) is 13.3. The van der Waals surface area contributed by atoms with Gasteiger partial charge in [-0.3, -0.25) is 0 Å². The normalized spacial score (nSPS) is 18.3. The molecule has 0 N–H and O–H groups in total. The molecule has 0 aromatic heterocycles. The molecule has 4 nitrogen and oxygen atoms in total. The van der Waals surface area contributed by atoms with Gasteiger partial charge in [0.2, 0.25) is 0 Å². The fourth-order valence-corrected chi connectivity index (χ4v) is 22.4. The quantitative estimate of drug-likeness (QED) is 0.228. The molecule has 5 heteroatoms. The van der Waals surface area contributed by atoms with Crippen molar-refractivity contribution in [1.82, 2.24) is 4.90 Å². The molecule has 186 valence electrons. The molecule has 0 saturated carbocycles. The molecule has 2 atom stereocenters. The van der Waals surface area contributed by atoms with Gasteiger partial charge in [-0.15, -0.1) is 0 Å². The van der Waals surface area contributed by atoms with Gasteiger partial charge in [0.1, 0.15) is 0 Å². The van der Waals surface area contributed by atoms with Gasteiger partial charge in [-0.05, 0) is 0 Å². The van der Waals surface area contributed by atoms with Crippen LogP contribution in [0.2, 0.25) is 13.3 Å². The van der Waals surface area contributed by atoms with E-state index in [2.05, 4.69) is 45.0 Å². The number of carbonyl (C=O) groups excluding carboxylic acids is 1. The van der Waals surface area contributed by atoms with Crippen LogP contribution in [0.25, 0.3) is 0 Å². The predicted molar refractivity (Wildman–Crippen MR) is 142 cm³/mol. The van der Waals surface area contributed by atoms with E-state index in [1.165, 1.54) is 51.8 Å². The van der Waals surface area contributed by atoms with E-state index in [0.29, 0.717) is 13.2 Å². The van der Waals surface area contributed by atoms with Crippen molar-refractivity contribution in [2.24, 2.45) is 0 Å². The number of ether oxygens (including phenoxy) is 2. The third kappa shape index (κ3) is 7.00. The summed E-state index contributed by atoms with van der Waals surface area (Å²) in [4.78, 5) is 15.8. The second-order valence-electron chi connectivity index (χ2n) is 9.73. The molecular formula is C29H43NO3Sn. The number of hydrogen-bond acceptors (Lipinski definition) is 3. The molecule has 34 heavy (non-hydrogen) atoms. The molecule has 3 rings (SSSR count). The molecule has 2 aromatic rings. The zero-order chi connectivity index (χ0) is 24.2. The van der Waals surface area contributed by atoms with E-state index < -0.39 is 18.4 Å². The third-order valence-corrected chi connectivity index (χ3v) is 23.0. The van der Waals surface area contributed by atoms with Crippen LogP contribution in [-0.2, 0) is 16.1 Å². The maximum atomic E-state index is 13.7. The first-order valence-corrected chi connectivity index (χ1v) is 21.0. The van der Waals surface area contributed by atoms with Gasteiger partial charge >= 0.3 is 212 Å². The van der Waals surface area contributed by atoms with Gasteiger partial charge in [0.25, 0.3) is 0 Å². The number of amides is 1. The number of hydrogen-bond donors (Lipinski definition) is 0. The van der Waals surface area contributed by atoms with E-state index in [1.807, 2.05) is 41.3 Å². The fraction of sp³-hybridized carbons (Fsp3) is 0.552. The molecule has 0 aliphatic carbocycles. The molecule has 1 heterocycles. The summed E-state index contributed by atoms with van der Waals surface area (Å²) in [6.45, 7) is 7.71. The number of rotatable bonds is 13. The van der Waals surface area contributed by atoms with Gasteiger partial charge < -0.3 is 0 Å². The fourth-order valence-electron chi connectivity index (χ4n) is 5.26. The van der Waals surface area contributed by atoms with E-state index in [1.54, 1.807) is 0 Å². The average Bonchev–Trinajstić information content (AvgIpc) is 3.34. The second-order valence-corrected chi connectivity index (χ2v) is 23.2. The van der Waals surface area contributed by atoms with Crippen LogP contribution in [0.5, 0.6) is 0 Å². The summed E-state index contributed by atoms with van der Waals surface area (Å²) in [6, 6.07) is 20.3. The van der Waals surface area contributed by atoms with Crippen molar-refractivity contribution >= 4 is 24.5 Å². The summed E-state index contributed by atoms with van der Waals surface area (Å²) in [6.07, 6.45) is 7.11. The zero-order valence-electron chi connectivity index (χ0n) is 21.4. The number of nitrogens with zero attached hydrogens (tertiary/aromatic N) is 1. The van der Waals surface area contributed by atoms with Crippen molar-refractivity contribution in [1.29, 1.82) is 0 Å². The summed E-state index contributed by atoms with van der Waals surface area (Å²) in [5, 5.41) is 0. The first-order chi connectivity index (χ1) is 16.6. The summed E-state index contributed by atoms with van der Waals surface area (Å²) >= 11 is -2.90. The van der Waals surface area contributed by atoms with E-state index in [4.69, 9.17) is 9.47 Å². The number of unbranched alkanes of at least 4 members (excludes halogenated alkanes) is 3. The third-order valence-electron chi connectivity index (χ3n) is 7.21. The predicted octanol–water partition coefficient (Wildman–Crippen LogP) is 8.11. The minimum atomic E-state index is -2.90. The van der Waals surface area contributed by atoms with Gasteiger partial charge in [0, 0.05) is 0 Å². The Balaban J connectivity index is 1.93. The van der Waals surface area contributed by atoms with Crippen LogP contribution in [0.3, 0.4) is 0 Å². The molecule has 2 aromatic carbocycles. The van der Waals surface area contributed by atoms with Crippen molar-refractivity contribution in [2.45, 2.75) is 89.5 Å². The summed E-state index contributed by atoms with van der Waals surface area (Å²) in [5.74, 6) is 0. The van der Waals surface area contributed by atoms with Gasteiger partial charge in [0.05, 0.1) is 0 Å². The molecular weight excluding hydrogens is 529 g/mol. The van der Waals surface area contributed by atoms with Gasteiger partial charge in [-0.1, -0.05) is 0 Å². The molecule has 1 saturated heterocycles. The van der Waals surface area contributed by atoms with Crippen LogP contribution in [0.1, 0.15) is 76.5 Å².